The molecule has 0 saturated heterocycles. The molecule has 108 valence electrons. The summed E-state index contributed by atoms with van der Waals surface area (Å²) in [6, 6.07) is 3.20. The van der Waals surface area contributed by atoms with Crippen LogP contribution < -0.4 is 0 Å². The smallest absolute Gasteiger partial charge is 0.321 e. The van der Waals surface area contributed by atoms with Crippen LogP contribution in [-0.2, 0) is 19.6 Å². The van der Waals surface area contributed by atoms with Crippen LogP contribution in [0.5, 0.6) is 0 Å². The van der Waals surface area contributed by atoms with Crippen molar-refractivity contribution >= 4 is 43.3 Å². The number of halogens is 1. The van der Waals surface area contributed by atoms with E-state index in [4.69, 9.17) is 4.74 Å². The molecule has 1 aromatic rings. The Morgan fingerprint density at radius 2 is 2.11 bits per heavy atom. The first-order valence-corrected chi connectivity index (χ1v) is 8.87. The monoisotopic (exact) mass is 369 g/mol. The second kappa shape index (κ2) is 7.37. The van der Waals surface area contributed by atoms with Gasteiger partial charge in [-0.3, -0.25) is 4.79 Å². The van der Waals surface area contributed by atoms with Gasteiger partial charge in [0, 0.05) is 6.54 Å². The molecule has 0 fully saturated rings. The third-order valence-corrected chi connectivity index (χ3v) is 6.16. The summed E-state index contributed by atoms with van der Waals surface area (Å²) in [5.41, 5.74) is 0. The van der Waals surface area contributed by atoms with Crippen molar-refractivity contribution in [1.82, 2.24) is 4.31 Å². The third kappa shape index (κ3) is 4.55. The fraction of sp³-hybridized carbons (Fsp3) is 0.545. The molecule has 19 heavy (non-hydrogen) atoms. The van der Waals surface area contributed by atoms with Gasteiger partial charge in [0.05, 0.1) is 10.4 Å². The average molecular weight is 370 g/mol. The van der Waals surface area contributed by atoms with Crippen molar-refractivity contribution in [1.29, 1.82) is 0 Å². The van der Waals surface area contributed by atoms with Crippen LogP contribution in [0.25, 0.3) is 0 Å². The minimum absolute atomic E-state index is 0.220. The van der Waals surface area contributed by atoms with Gasteiger partial charge in [-0.15, -0.1) is 11.3 Å². The fourth-order valence-electron chi connectivity index (χ4n) is 1.45. The first-order chi connectivity index (χ1) is 8.91. The van der Waals surface area contributed by atoms with Gasteiger partial charge in [0.1, 0.15) is 10.8 Å². The molecule has 0 amide bonds. The van der Waals surface area contributed by atoms with Crippen LogP contribution in [0, 0.1) is 0 Å². The van der Waals surface area contributed by atoms with Crippen molar-refractivity contribution in [3.05, 3.63) is 15.9 Å². The number of rotatable bonds is 7. The largest absolute Gasteiger partial charge is 0.465 e. The molecule has 1 heterocycles. The number of sulfonamides is 1. The number of carbonyl (C=O) groups excluding carboxylic acids is 1. The zero-order chi connectivity index (χ0) is 14.5. The minimum atomic E-state index is -3.63. The second-order valence-corrected chi connectivity index (χ2v) is 8.33. The van der Waals surface area contributed by atoms with Gasteiger partial charge in [-0.1, -0.05) is 6.92 Å². The Hall–Kier alpha value is -0.440. The van der Waals surface area contributed by atoms with Crippen molar-refractivity contribution in [2.75, 3.05) is 19.7 Å². The molecule has 0 aliphatic heterocycles. The van der Waals surface area contributed by atoms with E-state index < -0.39 is 16.0 Å². The molecule has 0 aliphatic carbocycles. The Labute approximate surface area is 125 Å². The SMILES string of the molecule is CCCN(CC(=O)OCC)S(=O)(=O)c1ccc(Br)s1. The van der Waals surface area contributed by atoms with E-state index in [1.807, 2.05) is 6.92 Å². The highest BCUT2D eigenvalue weighted by molar-refractivity contribution is 9.11. The maximum atomic E-state index is 12.4. The molecule has 0 bridgehead atoms. The lowest BCUT2D eigenvalue weighted by Crippen LogP contribution is -2.36. The summed E-state index contributed by atoms with van der Waals surface area (Å²) in [5, 5.41) is 0. The maximum absolute atomic E-state index is 12.4. The summed E-state index contributed by atoms with van der Waals surface area (Å²) in [5.74, 6) is -0.532. The molecule has 5 nitrogen and oxygen atoms in total. The molecule has 0 unspecified atom stereocenters. The zero-order valence-electron chi connectivity index (χ0n) is 10.8. The summed E-state index contributed by atoms with van der Waals surface area (Å²) < 4.78 is 31.7. The van der Waals surface area contributed by atoms with E-state index in [2.05, 4.69) is 15.9 Å². The van der Waals surface area contributed by atoms with E-state index in [9.17, 15) is 13.2 Å². The predicted octanol–water partition coefficient (Wildman–Crippen LogP) is 2.47. The molecule has 0 radical (unpaired) electrons. The van der Waals surface area contributed by atoms with Crippen LogP contribution in [0.2, 0.25) is 0 Å². The number of hydrogen-bond acceptors (Lipinski definition) is 5. The van der Waals surface area contributed by atoms with E-state index in [-0.39, 0.29) is 23.9 Å². The Bertz CT molecular complexity index is 527. The zero-order valence-corrected chi connectivity index (χ0v) is 14.0. The highest BCUT2D eigenvalue weighted by atomic mass is 79.9. The summed E-state index contributed by atoms with van der Waals surface area (Å²) in [6.07, 6.45) is 0.630. The van der Waals surface area contributed by atoms with Gasteiger partial charge in [0.15, 0.2) is 0 Å². The summed E-state index contributed by atoms with van der Waals surface area (Å²) in [4.78, 5) is 11.5. The van der Waals surface area contributed by atoms with E-state index in [1.54, 1.807) is 13.0 Å². The van der Waals surface area contributed by atoms with Gasteiger partial charge in [-0.05, 0) is 41.4 Å². The Morgan fingerprint density at radius 1 is 1.42 bits per heavy atom. The number of carbonyl (C=O) groups is 1. The quantitative estimate of drug-likeness (QED) is 0.692. The van der Waals surface area contributed by atoms with E-state index >= 15 is 0 Å². The van der Waals surface area contributed by atoms with Crippen molar-refractivity contribution in [3.8, 4) is 0 Å². The highest BCUT2D eigenvalue weighted by Crippen LogP contribution is 2.28. The molecule has 0 N–H and O–H groups in total. The second-order valence-electron chi connectivity index (χ2n) is 3.70. The van der Waals surface area contributed by atoms with Gasteiger partial charge in [-0.2, -0.15) is 4.31 Å². The number of esters is 1. The molecule has 0 saturated carbocycles. The van der Waals surface area contributed by atoms with E-state index in [1.165, 1.54) is 6.07 Å². The first-order valence-electron chi connectivity index (χ1n) is 5.83. The molecule has 0 aliphatic rings. The van der Waals surface area contributed by atoms with Gasteiger partial charge in [0.25, 0.3) is 10.0 Å². The predicted molar refractivity (Wildman–Crippen MR) is 77.7 cm³/mol. The Balaban J connectivity index is 2.94. The third-order valence-electron chi connectivity index (χ3n) is 2.23. The lowest BCUT2D eigenvalue weighted by Gasteiger charge is -2.19. The van der Waals surface area contributed by atoms with Gasteiger partial charge in [-0.25, -0.2) is 8.42 Å². The standard InChI is InChI=1S/C11H16BrNO4S2/c1-3-7-13(8-10(14)17-4-2)19(15,16)11-6-5-9(12)18-11/h5-6H,3-4,7-8H2,1-2H3. The molecule has 0 aromatic carbocycles. The molecule has 0 spiro atoms. The summed E-state index contributed by atoms with van der Waals surface area (Å²) in [6.45, 7) is 3.82. The molecule has 0 atom stereocenters. The topological polar surface area (TPSA) is 63.7 Å². The van der Waals surface area contributed by atoms with Gasteiger partial charge >= 0.3 is 5.97 Å². The van der Waals surface area contributed by atoms with E-state index in [0.717, 1.165) is 19.4 Å². The van der Waals surface area contributed by atoms with Crippen molar-refractivity contribution in [2.24, 2.45) is 0 Å². The number of nitrogens with zero attached hydrogens (tertiary/aromatic N) is 1. The van der Waals surface area contributed by atoms with Crippen molar-refractivity contribution < 1.29 is 17.9 Å². The molecule has 1 aromatic heterocycles. The van der Waals surface area contributed by atoms with E-state index in [0.29, 0.717) is 6.42 Å². The minimum Gasteiger partial charge on any atom is -0.465 e. The summed E-state index contributed by atoms with van der Waals surface area (Å²) >= 11 is 4.36. The van der Waals surface area contributed by atoms with Crippen LogP contribution in [0.15, 0.2) is 20.1 Å². The van der Waals surface area contributed by atoms with Gasteiger partial charge in [0.2, 0.25) is 0 Å². The molecular formula is C11H16BrNO4S2. The van der Waals surface area contributed by atoms with Crippen LogP contribution >= 0.6 is 27.3 Å². The van der Waals surface area contributed by atoms with Crippen molar-refractivity contribution in [2.45, 2.75) is 24.5 Å². The fourth-order valence-corrected chi connectivity index (χ4v) is 5.09. The number of thiophene rings is 1. The maximum Gasteiger partial charge on any atom is 0.321 e. The lowest BCUT2D eigenvalue weighted by molar-refractivity contribution is -0.143. The Morgan fingerprint density at radius 3 is 2.58 bits per heavy atom. The Kier molecular flexibility index (Phi) is 6.45. The number of hydrogen-bond donors (Lipinski definition) is 0. The summed E-state index contributed by atoms with van der Waals surface area (Å²) in [7, 11) is -3.63. The first kappa shape index (κ1) is 16.6. The molecule has 8 heteroatoms. The van der Waals surface area contributed by atoms with Crippen LogP contribution in [0.1, 0.15) is 20.3 Å². The average Bonchev–Trinajstić information content (AvgIpc) is 2.76. The van der Waals surface area contributed by atoms with Gasteiger partial charge < -0.3 is 4.74 Å². The lowest BCUT2D eigenvalue weighted by atomic mass is 10.5. The normalized spacial score (nSPS) is 11.8. The van der Waals surface area contributed by atoms with Crippen LogP contribution in [0.4, 0.5) is 0 Å². The van der Waals surface area contributed by atoms with Crippen LogP contribution in [-0.4, -0.2) is 38.4 Å². The van der Waals surface area contributed by atoms with Crippen molar-refractivity contribution in [3.63, 3.8) is 0 Å². The highest BCUT2D eigenvalue weighted by Gasteiger charge is 2.27. The number of ether oxygens (including phenoxy) is 1. The molecular weight excluding hydrogens is 354 g/mol. The van der Waals surface area contributed by atoms with Crippen LogP contribution in [0.3, 0.4) is 0 Å². The molecule has 1 rings (SSSR count).